The molecule has 0 saturated carbocycles. The number of pyridine rings is 1. The lowest BCUT2D eigenvalue weighted by Crippen LogP contribution is -2.10. The van der Waals surface area contributed by atoms with E-state index in [4.69, 9.17) is 9.68 Å². The average Bonchev–Trinajstić information content (AvgIpc) is 2.99. The van der Waals surface area contributed by atoms with E-state index < -0.39 is 17.8 Å². The fourth-order valence-corrected chi connectivity index (χ4v) is 2.78. The number of ether oxygens (including phenoxy) is 1. The van der Waals surface area contributed by atoms with E-state index in [1.54, 1.807) is 0 Å². The summed E-state index contributed by atoms with van der Waals surface area (Å²) in [5.41, 5.74) is -0.791. The lowest BCUT2D eigenvalue weighted by atomic mass is 10.1. The molecule has 2 aromatic rings. The zero-order valence-corrected chi connectivity index (χ0v) is 13.4. The molecule has 0 spiro atoms. The number of halogens is 3. The Labute approximate surface area is 139 Å². The molecule has 0 radical (unpaired) electrons. The van der Waals surface area contributed by atoms with Gasteiger partial charge in [-0.2, -0.15) is 18.4 Å². The van der Waals surface area contributed by atoms with Crippen LogP contribution in [-0.2, 0) is 16.7 Å². The Kier molecular flexibility index (Phi) is 5.19. The molecule has 0 N–H and O–H groups in total. The average molecular weight is 356 g/mol. The summed E-state index contributed by atoms with van der Waals surface area (Å²) >= 11 is 0.922. The van der Waals surface area contributed by atoms with Gasteiger partial charge in [-0.3, -0.25) is 0 Å². The largest absolute Gasteiger partial charge is 0.463 e. The van der Waals surface area contributed by atoms with Gasteiger partial charge in [-0.15, -0.1) is 0 Å². The summed E-state index contributed by atoms with van der Waals surface area (Å²) in [6, 6.07) is 5.60. The lowest BCUT2D eigenvalue weighted by molar-refractivity contribution is -0.141. The number of thioether (sulfide) groups is 1. The summed E-state index contributed by atoms with van der Waals surface area (Å²) in [6.45, 7) is 1.42. The van der Waals surface area contributed by atoms with Gasteiger partial charge in [-0.25, -0.2) is 9.78 Å². The Morgan fingerprint density at radius 1 is 1.46 bits per heavy atom. The van der Waals surface area contributed by atoms with E-state index in [2.05, 4.69) is 9.72 Å². The summed E-state index contributed by atoms with van der Waals surface area (Å²) < 4.78 is 48.3. The Bertz CT molecular complexity index is 809. The molecule has 9 heteroatoms. The number of nitrogens with zero attached hydrogens (tertiary/aromatic N) is 2. The van der Waals surface area contributed by atoms with Crippen LogP contribution in [0.2, 0.25) is 0 Å². The number of aryl methyl sites for hydroxylation is 1. The first kappa shape index (κ1) is 17.9. The molecule has 0 amide bonds. The fourth-order valence-electron chi connectivity index (χ4n) is 1.83. The molecule has 5 nitrogen and oxygen atoms in total. The van der Waals surface area contributed by atoms with Crippen LogP contribution in [0, 0.1) is 18.3 Å². The van der Waals surface area contributed by atoms with Crippen molar-refractivity contribution in [1.29, 1.82) is 5.26 Å². The second-order valence-corrected chi connectivity index (χ2v) is 5.62. The molecule has 2 rings (SSSR count). The molecule has 2 aromatic heterocycles. The Morgan fingerprint density at radius 2 is 2.17 bits per heavy atom. The van der Waals surface area contributed by atoms with Gasteiger partial charge in [0.05, 0.1) is 18.4 Å². The molecule has 0 aliphatic heterocycles. The molecule has 0 aromatic carbocycles. The Hall–Kier alpha value is -2.47. The van der Waals surface area contributed by atoms with Gasteiger partial charge in [0.25, 0.3) is 0 Å². The summed E-state index contributed by atoms with van der Waals surface area (Å²) in [5.74, 6) is -0.209. The molecule has 24 heavy (non-hydrogen) atoms. The molecule has 2 heterocycles. The fraction of sp³-hybridized carbons (Fsp3) is 0.267. The number of aromatic nitrogens is 1. The molecule has 0 unspecified atom stereocenters. The predicted octanol–water partition coefficient (Wildman–Crippen LogP) is 3.95. The van der Waals surface area contributed by atoms with E-state index in [1.165, 1.54) is 26.2 Å². The number of methoxy groups -OCH3 is 1. The lowest BCUT2D eigenvalue weighted by Gasteiger charge is -2.11. The SMILES string of the molecule is COC(=O)c1ccc(CSc2nc(C(F)(F)F)cc(C)c2C#N)o1. The highest BCUT2D eigenvalue weighted by atomic mass is 32.2. The maximum atomic E-state index is 12.9. The summed E-state index contributed by atoms with van der Waals surface area (Å²) in [7, 11) is 1.20. The highest BCUT2D eigenvalue weighted by Crippen LogP contribution is 2.33. The Morgan fingerprint density at radius 3 is 2.75 bits per heavy atom. The van der Waals surface area contributed by atoms with E-state index in [0.29, 0.717) is 5.76 Å². The van der Waals surface area contributed by atoms with Crippen molar-refractivity contribution in [2.75, 3.05) is 7.11 Å². The van der Waals surface area contributed by atoms with Crippen LogP contribution in [0.1, 0.15) is 33.1 Å². The van der Waals surface area contributed by atoms with E-state index >= 15 is 0 Å². The molecular weight excluding hydrogens is 345 g/mol. The number of rotatable bonds is 4. The zero-order valence-electron chi connectivity index (χ0n) is 12.6. The van der Waals surface area contributed by atoms with Crippen molar-refractivity contribution in [3.63, 3.8) is 0 Å². The van der Waals surface area contributed by atoms with Crippen molar-refractivity contribution in [2.24, 2.45) is 0 Å². The minimum atomic E-state index is -4.60. The molecule has 126 valence electrons. The molecule has 0 fully saturated rings. The molecule has 0 aliphatic rings. The molecular formula is C15H11F3N2O3S. The maximum Gasteiger partial charge on any atom is 0.433 e. The van der Waals surface area contributed by atoms with Crippen LogP contribution < -0.4 is 0 Å². The third-order valence-electron chi connectivity index (χ3n) is 2.99. The van der Waals surface area contributed by atoms with Gasteiger partial charge in [-0.1, -0.05) is 11.8 Å². The second kappa shape index (κ2) is 6.97. The minimum absolute atomic E-state index is 0.0122. The van der Waals surface area contributed by atoms with Gasteiger partial charge in [0.1, 0.15) is 22.5 Å². The monoisotopic (exact) mass is 356 g/mol. The minimum Gasteiger partial charge on any atom is -0.463 e. The van der Waals surface area contributed by atoms with E-state index in [0.717, 1.165) is 17.8 Å². The smallest absolute Gasteiger partial charge is 0.433 e. The quantitative estimate of drug-likeness (QED) is 0.610. The first-order valence-corrected chi connectivity index (χ1v) is 7.53. The van der Waals surface area contributed by atoms with Gasteiger partial charge in [0.15, 0.2) is 0 Å². The molecule has 0 aliphatic carbocycles. The first-order valence-electron chi connectivity index (χ1n) is 6.55. The number of hydrogen-bond acceptors (Lipinski definition) is 6. The van der Waals surface area contributed by atoms with Gasteiger partial charge < -0.3 is 9.15 Å². The van der Waals surface area contributed by atoms with Crippen molar-refractivity contribution >= 4 is 17.7 Å². The van der Waals surface area contributed by atoms with E-state index in [-0.39, 0.29) is 27.7 Å². The Balaban J connectivity index is 2.26. The second-order valence-electron chi connectivity index (χ2n) is 4.66. The highest BCUT2D eigenvalue weighted by molar-refractivity contribution is 7.98. The van der Waals surface area contributed by atoms with Crippen LogP contribution in [0.3, 0.4) is 0 Å². The van der Waals surface area contributed by atoms with Crippen molar-refractivity contribution in [3.8, 4) is 6.07 Å². The first-order chi connectivity index (χ1) is 11.3. The third-order valence-corrected chi connectivity index (χ3v) is 3.98. The third kappa shape index (κ3) is 3.89. The predicted molar refractivity (Wildman–Crippen MR) is 78.3 cm³/mol. The number of carbonyl (C=O) groups excluding carboxylic acids is 1. The van der Waals surface area contributed by atoms with Crippen LogP contribution >= 0.6 is 11.8 Å². The van der Waals surface area contributed by atoms with E-state index in [1.807, 2.05) is 6.07 Å². The van der Waals surface area contributed by atoms with Crippen LogP contribution in [0.15, 0.2) is 27.6 Å². The number of hydrogen-bond donors (Lipinski definition) is 0. The van der Waals surface area contributed by atoms with Crippen molar-refractivity contribution in [1.82, 2.24) is 4.98 Å². The summed E-state index contributed by atoms with van der Waals surface area (Å²) in [5, 5.41) is 9.09. The van der Waals surface area contributed by atoms with Gasteiger partial charge >= 0.3 is 12.1 Å². The van der Waals surface area contributed by atoms with Crippen molar-refractivity contribution in [3.05, 3.63) is 46.5 Å². The standard InChI is InChI=1S/C15H11F3N2O3S/c1-8-5-12(15(16,17)18)20-13(10(8)6-19)24-7-9-3-4-11(23-9)14(21)22-2/h3-5H,7H2,1-2H3. The molecule has 0 bridgehead atoms. The van der Waals surface area contributed by atoms with Crippen LogP contribution in [0.4, 0.5) is 13.2 Å². The number of carbonyl (C=O) groups is 1. The molecule has 0 saturated heterocycles. The number of alkyl halides is 3. The summed E-state index contributed by atoms with van der Waals surface area (Å²) in [6.07, 6.45) is -4.60. The zero-order chi connectivity index (χ0) is 17.9. The van der Waals surface area contributed by atoms with Gasteiger partial charge in [0.2, 0.25) is 5.76 Å². The van der Waals surface area contributed by atoms with Crippen LogP contribution in [0.25, 0.3) is 0 Å². The van der Waals surface area contributed by atoms with Crippen LogP contribution in [0.5, 0.6) is 0 Å². The topological polar surface area (TPSA) is 76.1 Å². The van der Waals surface area contributed by atoms with Gasteiger partial charge in [-0.05, 0) is 30.7 Å². The van der Waals surface area contributed by atoms with Crippen molar-refractivity contribution < 1.29 is 27.1 Å². The molecule has 0 atom stereocenters. The van der Waals surface area contributed by atoms with Crippen molar-refractivity contribution in [2.45, 2.75) is 23.9 Å². The number of esters is 1. The summed E-state index contributed by atoms with van der Waals surface area (Å²) in [4.78, 5) is 14.8. The van der Waals surface area contributed by atoms with E-state index in [9.17, 15) is 18.0 Å². The maximum absolute atomic E-state index is 12.9. The normalized spacial score (nSPS) is 11.2. The van der Waals surface area contributed by atoms with Gasteiger partial charge in [0, 0.05) is 0 Å². The number of nitriles is 1. The number of furan rings is 1. The highest BCUT2D eigenvalue weighted by Gasteiger charge is 2.34. The van der Waals surface area contributed by atoms with Crippen LogP contribution in [-0.4, -0.2) is 18.1 Å².